The van der Waals surface area contributed by atoms with E-state index in [0.717, 1.165) is 6.42 Å². The zero-order valence-electron chi connectivity index (χ0n) is 9.38. The van der Waals surface area contributed by atoms with Gasteiger partial charge in [-0.3, -0.25) is 4.79 Å². The largest absolute Gasteiger partial charge is 0.462 e. The van der Waals surface area contributed by atoms with Gasteiger partial charge < -0.3 is 4.74 Å². The lowest BCUT2D eigenvalue weighted by Gasteiger charge is -2.30. The van der Waals surface area contributed by atoms with Crippen LogP contribution in [-0.2, 0) is 9.53 Å². The number of carbonyl (C=O) groups excluding carboxylic acids is 1. The molecule has 0 radical (unpaired) electrons. The van der Waals surface area contributed by atoms with Gasteiger partial charge in [-0.15, -0.1) is 0 Å². The van der Waals surface area contributed by atoms with Gasteiger partial charge in [0.25, 0.3) is 0 Å². The van der Waals surface area contributed by atoms with Gasteiger partial charge in [-0.1, -0.05) is 26.1 Å². The molecule has 0 spiro atoms. The molecule has 3 atom stereocenters. The van der Waals surface area contributed by atoms with Gasteiger partial charge in [0.2, 0.25) is 0 Å². The molecule has 0 unspecified atom stereocenters. The number of fused-ring (bicyclic) bond motifs is 1. The molecular formula is C11H20O2Si. The van der Waals surface area contributed by atoms with Crippen LogP contribution in [0.2, 0.25) is 25.2 Å². The number of hydrogen-bond donors (Lipinski definition) is 0. The maximum absolute atomic E-state index is 11.8. The average Bonchev–Trinajstić information content (AvgIpc) is 2.38. The van der Waals surface area contributed by atoms with Crippen molar-refractivity contribution in [1.29, 1.82) is 0 Å². The molecule has 0 bridgehead atoms. The van der Waals surface area contributed by atoms with Crippen molar-refractivity contribution < 1.29 is 9.53 Å². The number of carbonyl (C=O) groups is 1. The molecule has 1 heterocycles. The molecule has 0 N–H and O–H groups in total. The molecule has 0 aromatic heterocycles. The second-order valence-electron chi connectivity index (χ2n) is 5.77. The van der Waals surface area contributed by atoms with E-state index in [-0.39, 0.29) is 17.6 Å². The molecule has 1 aliphatic carbocycles. The third-order valence-corrected chi connectivity index (χ3v) is 6.17. The van der Waals surface area contributed by atoms with Crippen LogP contribution in [-0.4, -0.2) is 20.1 Å². The fourth-order valence-electron chi connectivity index (χ4n) is 3.05. The Morgan fingerprint density at radius 3 is 2.50 bits per heavy atom. The zero-order valence-corrected chi connectivity index (χ0v) is 10.4. The Balaban J connectivity index is 2.20. The maximum atomic E-state index is 11.8. The Kier molecular flexibility index (Phi) is 2.46. The van der Waals surface area contributed by atoms with Crippen molar-refractivity contribution in [1.82, 2.24) is 0 Å². The summed E-state index contributed by atoms with van der Waals surface area (Å²) in [6.45, 7) is 6.86. The van der Waals surface area contributed by atoms with Crippen LogP contribution in [0.1, 0.15) is 25.7 Å². The lowest BCUT2D eigenvalue weighted by atomic mass is 9.86. The van der Waals surface area contributed by atoms with Crippen molar-refractivity contribution in [2.45, 2.75) is 57.0 Å². The molecule has 2 fully saturated rings. The Bertz CT molecular complexity index is 244. The minimum absolute atomic E-state index is 0.112. The number of esters is 1. The van der Waals surface area contributed by atoms with Crippen LogP contribution in [0.25, 0.3) is 0 Å². The van der Waals surface area contributed by atoms with E-state index in [0.29, 0.717) is 5.92 Å². The van der Waals surface area contributed by atoms with Crippen molar-refractivity contribution in [3.05, 3.63) is 0 Å². The summed E-state index contributed by atoms with van der Waals surface area (Å²) in [6, 6.07) is 0. The first kappa shape index (κ1) is 10.2. The first-order valence-corrected chi connectivity index (χ1v) is 9.28. The highest BCUT2D eigenvalue weighted by Gasteiger charge is 2.50. The molecule has 80 valence electrons. The van der Waals surface area contributed by atoms with E-state index in [4.69, 9.17) is 4.74 Å². The lowest BCUT2D eigenvalue weighted by molar-refractivity contribution is -0.142. The standard InChI is InChI=1S/C11H20O2Si/c1-14(2,3)10-8-6-4-5-7-9(8)13-11(10)12/h8-10H,4-7H2,1-3H3/t8-,9+,10-/m1/s1. The Hall–Kier alpha value is -0.313. The van der Waals surface area contributed by atoms with E-state index in [9.17, 15) is 4.79 Å². The van der Waals surface area contributed by atoms with Gasteiger partial charge in [-0.05, 0) is 19.3 Å². The lowest BCUT2D eigenvalue weighted by Crippen LogP contribution is -2.36. The topological polar surface area (TPSA) is 26.3 Å². The molecule has 0 aromatic carbocycles. The minimum Gasteiger partial charge on any atom is -0.462 e. The maximum Gasteiger partial charge on any atom is 0.306 e. The van der Waals surface area contributed by atoms with Gasteiger partial charge in [-0.2, -0.15) is 0 Å². The van der Waals surface area contributed by atoms with Gasteiger partial charge in [0.05, 0.1) is 13.6 Å². The van der Waals surface area contributed by atoms with Gasteiger partial charge in [0.1, 0.15) is 6.10 Å². The molecule has 3 heteroatoms. The van der Waals surface area contributed by atoms with Crippen LogP contribution in [0.4, 0.5) is 0 Å². The van der Waals surface area contributed by atoms with Crippen LogP contribution in [0, 0.1) is 5.92 Å². The summed E-state index contributed by atoms with van der Waals surface area (Å²) in [5, 5.41) is 0. The van der Waals surface area contributed by atoms with E-state index in [1.54, 1.807) is 0 Å². The monoisotopic (exact) mass is 212 g/mol. The summed E-state index contributed by atoms with van der Waals surface area (Å²) >= 11 is 0. The number of rotatable bonds is 1. The molecule has 2 rings (SSSR count). The SMILES string of the molecule is C[Si](C)(C)[C@H]1C(=O)O[C@H]2CCCC[C@H]21. The normalized spacial score (nSPS) is 37.9. The molecule has 1 saturated heterocycles. The highest BCUT2D eigenvalue weighted by atomic mass is 28.3. The molecule has 2 aliphatic rings. The van der Waals surface area contributed by atoms with Crippen molar-refractivity contribution >= 4 is 14.0 Å². The molecule has 14 heavy (non-hydrogen) atoms. The summed E-state index contributed by atoms with van der Waals surface area (Å²) in [5.74, 6) is 0.670. The predicted octanol–water partition coefficient (Wildman–Crippen LogP) is 2.81. The number of hydrogen-bond acceptors (Lipinski definition) is 2. The average molecular weight is 212 g/mol. The quantitative estimate of drug-likeness (QED) is 0.493. The second-order valence-corrected chi connectivity index (χ2v) is 11.1. The molecular weight excluding hydrogens is 192 g/mol. The fourth-order valence-corrected chi connectivity index (χ4v) is 5.49. The summed E-state index contributed by atoms with van der Waals surface area (Å²) in [5.41, 5.74) is 0.271. The highest BCUT2D eigenvalue weighted by Crippen LogP contribution is 2.46. The van der Waals surface area contributed by atoms with Gasteiger partial charge in [0.15, 0.2) is 0 Å². The van der Waals surface area contributed by atoms with Crippen LogP contribution in [0.3, 0.4) is 0 Å². The van der Waals surface area contributed by atoms with Crippen LogP contribution < -0.4 is 0 Å². The number of ether oxygens (including phenoxy) is 1. The van der Waals surface area contributed by atoms with Crippen molar-refractivity contribution in [2.24, 2.45) is 5.92 Å². The zero-order chi connectivity index (χ0) is 10.3. The Labute approximate surface area is 87.0 Å². The van der Waals surface area contributed by atoms with Crippen LogP contribution in [0.15, 0.2) is 0 Å². The summed E-state index contributed by atoms with van der Waals surface area (Å²) in [4.78, 5) is 11.8. The van der Waals surface area contributed by atoms with E-state index in [2.05, 4.69) is 19.6 Å². The molecule has 1 aliphatic heterocycles. The minimum atomic E-state index is -1.37. The van der Waals surface area contributed by atoms with Crippen molar-refractivity contribution in [3.8, 4) is 0 Å². The summed E-state index contributed by atoms with van der Waals surface area (Å²) in [7, 11) is -1.37. The third kappa shape index (κ3) is 1.62. The van der Waals surface area contributed by atoms with Crippen molar-refractivity contribution in [2.75, 3.05) is 0 Å². The third-order valence-electron chi connectivity index (χ3n) is 3.64. The van der Waals surface area contributed by atoms with Crippen molar-refractivity contribution in [3.63, 3.8) is 0 Å². The summed E-state index contributed by atoms with van der Waals surface area (Å²) in [6.07, 6.45) is 5.13. The van der Waals surface area contributed by atoms with Gasteiger partial charge in [0, 0.05) is 5.92 Å². The second kappa shape index (κ2) is 3.37. The molecule has 1 saturated carbocycles. The highest BCUT2D eigenvalue weighted by molar-refractivity contribution is 6.80. The van der Waals surface area contributed by atoms with E-state index in [1.165, 1.54) is 19.3 Å². The summed E-state index contributed by atoms with van der Waals surface area (Å²) < 4.78 is 5.50. The molecule has 2 nitrogen and oxygen atoms in total. The fraction of sp³-hybridized carbons (Fsp3) is 0.909. The Morgan fingerprint density at radius 2 is 1.86 bits per heavy atom. The first-order chi connectivity index (χ1) is 6.50. The smallest absolute Gasteiger partial charge is 0.306 e. The molecule has 0 aromatic rings. The molecule has 0 amide bonds. The van der Waals surface area contributed by atoms with Gasteiger partial charge in [-0.25, -0.2) is 0 Å². The first-order valence-electron chi connectivity index (χ1n) is 5.70. The van der Waals surface area contributed by atoms with Gasteiger partial charge >= 0.3 is 5.97 Å². The van der Waals surface area contributed by atoms with Crippen LogP contribution >= 0.6 is 0 Å². The Morgan fingerprint density at radius 1 is 1.21 bits per heavy atom. The van der Waals surface area contributed by atoms with E-state index >= 15 is 0 Å². The van der Waals surface area contributed by atoms with E-state index in [1.807, 2.05) is 0 Å². The predicted molar refractivity (Wildman–Crippen MR) is 58.9 cm³/mol. The van der Waals surface area contributed by atoms with Crippen LogP contribution in [0.5, 0.6) is 0 Å². The van der Waals surface area contributed by atoms with E-state index < -0.39 is 8.07 Å².